The lowest BCUT2D eigenvalue weighted by atomic mass is 9.88. The fourth-order valence-electron chi connectivity index (χ4n) is 3.28. The second-order valence-electron chi connectivity index (χ2n) is 8.46. The topological polar surface area (TPSA) is 140 Å². The minimum absolute atomic E-state index is 0.0178. The average Bonchev–Trinajstić information content (AvgIpc) is 2.83. The number of carbonyl (C=O) groups excluding carboxylic acids is 4. The SMILES string of the molecule is CCCCCOC(=O)OCC[C@@](N)(Cc1ccc(OC(=O)CCC)c(OC(=O)CCC)c1)C(=O)OC. The number of nitrogens with two attached hydrogens (primary N) is 1. The standard InChI is InChI=1S/C26H39NO9/c1-5-8-9-15-33-25(31)34-16-14-26(27,24(30)32-4)18-19-12-13-20(35-22(28)10-6-2)21(17-19)36-23(29)11-7-3/h12-13,17H,5-11,14-16,18,27H2,1-4H3/t26-/m1/s1. The van der Waals surface area contributed by atoms with Crippen LogP contribution in [0.1, 0.15) is 77.7 Å². The van der Waals surface area contributed by atoms with Gasteiger partial charge in [-0.15, -0.1) is 0 Å². The predicted octanol–water partition coefficient (Wildman–Crippen LogP) is 4.24. The molecule has 0 unspecified atom stereocenters. The molecule has 0 amide bonds. The van der Waals surface area contributed by atoms with Crippen LogP contribution in [0, 0.1) is 0 Å². The number of ether oxygens (including phenoxy) is 5. The summed E-state index contributed by atoms with van der Waals surface area (Å²) < 4.78 is 25.7. The highest BCUT2D eigenvalue weighted by molar-refractivity contribution is 5.81. The lowest BCUT2D eigenvalue weighted by Gasteiger charge is -2.26. The van der Waals surface area contributed by atoms with Gasteiger partial charge in [-0.1, -0.05) is 39.7 Å². The fraction of sp³-hybridized carbons (Fsp3) is 0.615. The Bertz CT molecular complexity index is 871. The van der Waals surface area contributed by atoms with Crippen LogP contribution < -0.4 is 15.2 Å². The maximum Gasteiger partial charge on any atom is 0.508 e. The van der Waals surface area contributed by atoms with E-state index in [1.807, 2.05) is 20.8 Å². The number of esters is 3. The van der Waals surface area contributed by atoms with E-state index in [0.29, 0.717) is 18.4 Å². The van der Waals surface area contributed by atoms with Crippen LogP contribution >= 0.6 is 0 Å². The van der Waals surface area contributed by atoms with Gasteiger partial charge in [0.05, 0.1) is 20.3 Å². The molecule has 0 spiro atoms. The molecule has 0 saturated heterocycles. The molecule has 0 aliphatic heterocycles. The molecule has 1 atom stereocenters. The molecule has 0 saturated carbocycles. The van der Waals surface area contributed by atoms with Crippen molar-refractivity contribution in [1.82, 2.24) is 0 Å². The van der Waals surface area contributed by atoms with E-state index < -0.39 is 29.6 Å². The molecule has 0 heterocycles. The van der Waals surface area contributed by atoms with Gasteiger partial charge in [-0.05, 0) is 37.0 Å². The molecular formula is C26H39NO9. The minimum Gasteiger partial charge on any atom is -0.468 e. The van der Waals surface area contributed by atoms with E-state index in [0.717, 1.165) is 19.3 Å². The lowest BCUT2D eigenvalue weighted by molar-refractivity contribution is -0.147. The maximum absolute atomic E-state index is 12.5. The van der Waals surface area contributed by atoms with Gasteiger partial charge in [-0.2, -0.15) is 0 Å². The molecule has 1 aromatic rings. The van der Waals surface area contributed by atoms with Gasteiger partial charge >= 0.3 is 24.1 Å². The van der Waals surface area contributed by atoms with Crippen molar-refractivity contribution in [3.8, 4) is 11.5 Å². The van der Waals surface area contributed by atoms with Crippen LogP contribution in [0.5, 0.6) is 11.5 Å². The molecule has 0 radical (unpaired) electrons. The van der Waals surface area contributed by atoms with E-state index in [1.165, 1.54) is 19.2 Å². The first-order chi connectivity index (χ1) is 17.2. The first kappa shape index (κ1) is 30.9. The van der Waals surface area contributed by atoms with Crippen molar-refractivity contribution in [2.24, 2.45) is 5.73 Å². The molecule has 2 N–H and O–H groups in total. The van der Waals surface area contributed by atoms with Gasteiger partial charge in [0.1, 0.15) is 5.54 Å². The van der Waals surface area contributed by atoms with Crippen molar-refractivity contribution >= 4 is 24.1 Å². The lowest BCUT2D eigenvalue weighted by Crippen LogP contribution is -2.51. The number of unbranched alkanes of at least 4 members (excludes halogenated alkanes) is 2. The third kappa shape index (κ3) is 11.1. The first-order valence-corrected chi connectivity index (χ1v) is 12.4. The molecule has 1 aromatic carbocycles. The molecular weight excluding hydrogens is 470 g/mol. The molecule has 0 aliphatic carbocycles. The van der Waals surface area contributed by atoms with E-state index in [1.54, 1.807) is 6.07 Å². The van der Waals surface area contributed by atoms with Crippen LogP contribution in [-0.4, -0.2) is 49.9 Å². The van der Waals surface area contributed by atoms with Crippen molar-refractivity contribution in [2.75, 3.05) is 20.3 Å². The Balaban J connectivity index is 2.99. The monoisotopic (exact) mass is 509 g/mol. The van der Waals surface area contributed by atoms with Crippen LogP contribution in [0.4, 0.5) is 4.79 Å². The Morgan fingerprint density at radius 3 is 2.03 bits per heavy atom. The third-order valence-corrected chi connectivity index (χ3v) is 5.21. The molecule has 0 bridgehead atoms. The normalized spacial score (nSPS) is 12.2. The fourth-order valence-corrected chi connectivity index (χ4v) is 3.28. The van der Waals surface area contributed by atoms with Crippen LogP contribution in [0.2, 0.25) is 0 Å². The summed E-state index contributed by atoms with van der Waals surface area (Å²) in [6.45, 7) is 5.81. The quantitative estimate of drug-likeness (QED) is 0.195. The van der Waals surface area contributed by atoms with Crippen molar-refractivity contribution in [3.05, 3.63) is 23.8 Å². The molecule has 0 aliphatic rings. The van der Waals surface area contributed by atoms with Gasteiger partial charge in [0.15, 0.2) is 11.5 Å². The van der Waals surface area contributed by atoms with Crippen molar-refractivity contribution in [2.45, 2.75) is 84.1 Å². The molecule has 0 fully saturated rings. The highest BCUT2D eigenvalue weighted by Crippen LogP contribution is 2.31. The highest BCUT2D eigenvalue weighted by Gasteiger charge is 2.36. The Morgan fingerprint density at radius 2 is 1.44 bits per heavy atom. The van der Waals surface area contributed by atoms with Gasteiger partial charge in [0, 0.05) is 25.7 Å². The number of hydrogen-bond donors (Lipinski definition) is 1. The zero-order valence-corrected chi connectivity index (χ0v) is 21.8. The van der Waals surface area contributed by atoms with Gasteiger partial charge < -0.3 is 29.4 Å². The van der Waals surface area contributed by atoms with E-state index >= 15 is 0 Å². The predicted molar refractivity (Wildman–Crippen MR) is 132 cm³/mol. The molecule has 10 heteroatoms. The maximum atomic E-state index is 12.5. The molecule has 0 aromatic heterocycles. The number of hydrogen-bond acceptors (Lipinski definition) is 10. The van der Waals surface area contributed by atoms with E-state index in [4.69, 9.17) is 29.4 Å². The van der Waals surface area contributed by atoms with E-state index in [-0.39, 0.29) is 50.4 Å². The van der Waals surface area contributed by atoms with Gasteiger partial charge in [-0.3, -0.25) is 14.4 Å². The first-order valence-electron chi connectivity index (χ1n) is 12.4. The Hall–Kier alpha value is -3.14. The average molecular weight is 510 g/mol. The third-order valence-electron chi connectivity index (χ3n) is 5.21. The van der Waals surface area contributed by atoms with Crippen LogP contribution in [0.3, 0.4) is 0 Å². The summed E-state index contributed by atoms with van der Waals surface area (Å²) in [7, 11) is 1.21. The van der Waals surface area contributed by atoms with E-state index in [2.05, 4.69) is 0 Å². The number of methoxy groups -OCH3 is 1. The van der Waals surface area contributed by atoms with Gasteiger partial charge in [0.25, 0.3) is 0 Å². The Morgan fingerprint density at radius 1 is 0.833 bits per heavy atom. The molecule has 36 heavy (non-hydrogen) atoms. The minimum atomic E-state index is -1.54. The van der Waals surface area contributed by atoms with Crippen LogP contribution in [-0.2, 0) is 35.0 Å². The largest absolute Gasteiger partial charge is 0.508 e. The summed E-state index contributed by atoms with van der Waals surface area (Å²) in [4.78, 5) is 48.4. The van der Waals surface area contributed by atoms with Crippen molar-refractivity contribution < 1.29 is 42.9 Å². The smallest absolute Gasteiger partial charge is 0.468 e. The zero-order valence-electron chi connectivity index (χ0n) is 21.8. The molecule has 1 rings (SSSR count). The summed E-state index contributed by atoms with van der Waals surface area (Å²) in [5.74, 6) is -1.50. The molecule has 10 nitrogen and oxygen atoms in total. The zero-order chi connectivity index (χ0) is 27.0. The highest BCUT2D eigenvalue weighted by atomic mass is 16.7. The van der Waals surface area contributed by atoms with Gasteiger partial charge in [-0.25, -0.2) is 4.79 Å². The molecule has 202 valence electrons. The van der Waals surface area contributed by atoms with Crippen LogP contribution in [0.25, 0.3) is 0 Å². The summed E-state index contributed by atoms with van der Waals surface area (Å²) in [5.41, 5.74) is 5.36. The summed E-state index contributed by atoms with van der Waals surface area (Å²) in [6.07, 6.45) is 3.36. The number of benzene rings is 1. The van der Waals surface area contributed by atoms with Gasteiger partial charge in [0.2, 0.25) is 0 Å². The Kier molecular flexibility index (Phi) is 14.2. The van der Waals surface area contributed by atoms with Crippen LogP contribution in [0.15, 0.2) is 18.2 Å². The summed E-state index contributed by atoms with van der Waals surface area (Å²) >= 11 is 0. The number of carbonyl (C=O) groups is 4. The second-order valence-corrected chi connectivity index (χ2v) is 8.46. The van der Waals surface area contributed by atoms with Crippen molar-refractivity contribution in [1.29, 1.82) is 0 Å². The number of rotatable bonds is 16. The Labute approximate surface area is 212 Å². The van der Waals surface area contributed by atoms with E-state index in [9.17, 15) is 19.2 Å². The summed E-state index contributed by atoms with van der Waals surface area (Å²) in [5, 5.41) is 0. The van der Waals surface area contributed by atoms with Crippen molar-refractivity contribution in [3.63, 3.8) is 0 Å². The summed E-state index contributed by atoms with van der Waals surface area (Å²) in [6, 6.07) is 4.59. The second kappa shape index (κ2) is 16.5.